The number of amides is 1. The monoisotopic (exact) mass is 473 g/mol. The number of anilines is 1. The van der Waals surface area contributed by atoms with Crippen LogP contribution in [0.2, 0.25) is 0 Å². The summed E-state index contributed by atoms with van der Waals surface area (Å²) in [6.45, 7) is 9.49. The smallest absolute Gasteiger partial charge is 0.234 e. The summed E-state index contributed by atoms with van der Waals surface area (Å²) in [5.41, 5.74) is 3.08. The summed E-state index contributed by atoms with van der Waals surface area (Å²) >= 11 is 0. The van der Waals surface area contributed by atoms with Gasteiger partial charge >= 0.3 is 0 Å². The zero-order chi connectivity index (χ0) is 25.0. The third-order valence-electron chi connectivity index (χ3n) is 6.74. The normalized spacial score (nSPS) is 17.6. The number of alkyl halides is 1. The van der Waals surface area contributed by atoms with E-state index >= 15 is 0 Å². The molecule has 8 nitrogen and oxygen atoms in total. The highest BCUT2D eigenvalue weighted by Gasteiger charge is 2.43. The van der Waals surface area contributed by atoms with Gasteiger partial charge in [0.2, 0.25) is 5.91 Å². The molecule has 0 aliphatic carbocycles. The Morgan fingerprint density at radius 3 is 2.54 bits per heavy atom. The minimum absolute atomic E-state index is 0.112. The standard InChI is InChI=1S/C26H28FN7O/c1-6-34-22(17-12-28-15(2)29-13-17)33-21-20(30-14-31-23(21)34)16-7-8-19-18(11-16)26(5,24(35)32-19)10-9-25(3,4)27/h7-8,11-14H,6,9-10H2,1-5H3,(H,32,35). The van der Waals surface area contributed by atoms with E-state index in [-0.39, 0.29) is 12.3 Å². The lowest BCUT2D eigenvalue weighted by molar-refractivity contribution is -0.120. The number of hydrogen-bond donors (Lipinski definition) is 1. The van der Waals surface area contributed by atoms with Gasteiger partial charge in [-0.3, -0.25) is 4.79 Å². The molecule has 0 fully saturated rings. The molecule has 180 valence electrons. The molecule has 0 saturated carbocycles. The van der Waals surface area contributed by atoms with Crippen molar-refractivity contribution < 1.29 is 9.18 Å². The molecule has 35 heavy (non-hydrogen) atoms. The molecule has 1 amide bonds. The molecule has 5 rings (SSSR count). The van der Waals surface area contributed by atoms with Crippen molar-refractivity contribution in [3.63, 3.8) is 0 Å². The topological polar surface area (TPSA) is 98.5 Å². The molecule has 4 heterocycles. The van der Waals surface area contributed by atoms with Crippen LogP contribution in [0, 0.1) is 6.92 Å². The van der Waals surface area contributed by atoms with Crippen molar-refractivity contribution in [1.82, 2.24) is 29.5 Å². The Balaban J connectivity index is 1.63. The number of nitrogens with zero attached hydrogens (tertiary/aromatic N) is 6. The Hall–Kier alpha value is -3.75. The van der Waals surface area contributed by atoms with E-state index < -0.39 is 11.1 Å². The third kappa shape index (κ3) is 3.94. The molecule has 4 aromatic rings. The van der Waals surface area contributed by atoms with E-state index in [4.69, 9.17) is 4.98 Å². The lowest BCUT2D eigenvalue weighted by Crippen LogP contribution is -2.33. The second-order valence-electron chi connectivity index (χ2n) is 9.86. The predicted octanol–water partition coefficient (Wildman–Crippen LogP) is 5.02. The van der Waals surface area contributed by atoms with E-state index in [1.165, 1.54) is 6.33 Å². The van der Waals surface area contributed by atoms with E-state index in [0.717, 1.165) is 28.2 Å². The first-order chi connectivity index (χ1) is 16.6. The van der Waals surface area contributed by atoms with Crippen LogP contribution in [0.3, 0.4) is 0 Å². The first kappa shape index (κ1) is 23.0. The minimum atomic E-state index is -1.36. The highest BCUT2D eigenvalue weighted by atomic mass is 19.1. The molecule has 1 N–H and O–H groups in total. The van der Waals surface area contributed by atoms with E-state index in [1.807, 2.05) is 43.5 Å². The molecule has 0 radical (unpaired) electrons. The molecule has 0 saturated heterocycles. The number of aromatic nitrogens is 6. The number of nitrogens with one attached hydrogen (secondary N) is 1. The van der Waals surface area contributed by atoms with Crippen LogP contribution in [0.1, 0.15) is 51.9 Å². The van der Waals surface area contributed by atoms with Crippen LogP contribution in [-0.2, 0) is 16.8 Å². The highest BCUT2D eigenvalue weighted by Crippen LogP contribution is 2.44. The van der Waals surface area contributed by atoms with Gasteiger partial charge in [-0.1, -0.05) is 6.07 Å². The summed E-state index contributed by atoms with van der Waals surface area (Å²) in [6.07, 6.45) is 5.73. The van der Waals surface area contributed by atoms with Crippen LogP contribution in [0.25, 0.3) is 33.8 Å². The molecule has 1 atom stereocenters. The zero-order valence-electron chi connectivity index (χ0n) is 20.6. The first-order valence-electron chi connectivity index (χ1n) is 11.8. The SMILES string of the molecule is CCn1c(-c2cnc(C)nc2)nc2c(-c3ccc4c(c3)C(C)(CCC(C)(C)F)C(=O)N4)ncnc21. The average Bonchev–Trinajstić information content (AvgIpc) is 3.32. The second kappa shape index (κ2) is 8.18. The van der Waals surface area contributed by atoms with Gasteiger partial charge in [0, 0.05) is 30.2 Å². The van der Waals surface area contributed by atoms with Crippen molar-refractivity contribution in [1.29, 1.82) is 0 Å². The van der Waals surface area contributed by atoms with Gasteiger partial charge in [0.25, 0.3) is 0 Å². The van der Waals surface area contributed by atoms with Crippen LogP contribution in [0.15, 0.2) is 36.9 Å². The number of carbonyl (C=O) groups is 1. The number of hydrogen-bond acceptors (Lipinski definition) is 6. The van der Waals surface area contributed by atoms with Crippen molar-refractivity contribution in [2.45, 2.75) is 65.1 Å². The van der Waals surface area contributed by atoms with Crippen LogP contribution < -0.4 is 5.32 Å². The number of carbonyl (C=O) groups excluding carboxylic acids is 1. The summed E-state index contributed by atoms with van der Waals surface area (Å²) in [6, 6.07) is 5.78. The van der Waals surface area contributed by atoms with Crippen LogP contribution in [0.4, 0.5) is 10.1 Å². The third-order valence-corrected chi connectivity index (χ3v) is 6.74. The lowest BCUT2D eigenvalue weighted by Gasteiger charge is -2.25. The molecule has 1 aliphatic heterocycles. The molecule has 9 heteroatoms. The van der Waals surface area contributed by atoms with Gasteiger partial charge in [0.1, 0.15) is 34.9 Å². The maximum atomic E-state index is 14.3. The number of aryl methyl sites for hydroxylation is 2. The predicted molar refractivity (Wildman–Crippen MR) is 133 cm³/mol. The fourth-order valence-electron chi connectivity index (χ4n) is 4.61. The van der Waals surface area contributed by atoms with Gasteiger partial charge in [0.15, 0.2) is 5.65 Å². The Kier molecular flexibility index (Phi) is 5.38. The molecule has 1 aliphatic rings. The number of benzene rings is 1. The summed E-state index contributed by atoms with van der Waals surface area (Å²) < 4.78 is 16.3. The quantitative estimate of drug-likeness (QED) is 0.422. The number of fused-ring (bicyclic) bond motifs is 2. The Labute approximate surface area is 203 Å². The van der Waals surface area contributed by atoms with E-state index in [2.05, 4.69) is 25.3 Å². The van der Waals surface area contributed by atoms with Crippen molar-refractivity contribution in [2.75, 3.05) is 5.32 Å². The summed E-state index contributed by atoms with van der Waals surface area (Å²) in [5.74, 6) is 1.30. The van der Waals surface area contributed by atoms with Crippen molar-refractivity contribution in [3.8, 4) is 22.6 Å². The van der Waals surface area contributed by atoms with Crippen molar-refractivity contribution in [2.24, 2.45) is 0 Å². The van der Waals surface area contributed by atoms with E-state index in [1.54, 1.807) is 26.2 Å². The Morgan fingerprint density at radius 2 is 1.86 bits per heavy atom. The first-order valence-corrected chi connectivity index (χ1v) is 11.8. The largest absolute Gasteiger partial charge is 0.325 e. The van der Waals surface area contributed by atoms with Crippen molar-refractivity contribution in [3.05, 3.63) is 48.3 Å². The lowest BCUT2D eigenvalue weighted by atomic mass is 9.77. The van der Waals surface area contributed by atoms with Gasteiger partial charge in [-0.05, 0) is 65.2 Å². The highest BCUT2D eigenvalue weighted by molar-refractivity contribution is 6.06. The minimum Gasteiger partial charge on any atom is -0.325 e. The van der Waals surface area contributed by atoms with E-state index in [9.17, 15) is 9.18 Å². The molecule has 3 aromatic heterocycles. The molecule has 0 spiro atoms. The maximum absolute atomic E-state index is 14.3. The van der Waals surface area contributed by atoms with E-state index in [0.29, 0.717) is 35.6 Å². The van der Waals surface area contributed by atoms with Gasteiger partial charge in [0.05, 0.1) is 11.0 Å². The molecular formula is C26H28FN7O. The molecule has 1 unspecified atom stereocenters. The number of halogens is 1. The second-order valence-corrected chi connectivity index (χ2v) is 9.86. The Bertz CT molecular complexity index is 1440. The summed E-state index contributed by atoms with van der Waals surface area (Å²) in [4.78, 5) is 35.5. The van der Waals surface area contributed by atoms with Crippen LogP contribution in [-0.4, -0.2) is 41.1 Å². The van der Waals surface area contributed by atoms with Crippen LogP contribution >= 0.6 is 0 Å². The average molecular weight is 474 g/mol. The molecule has 0 bridgehead atoms. The fraction of sp³-hybridized carbons (Fsp3) is 0.385. The molecule has 1 aromatic carbocycles. The maximum Gasteiger partial charge on any atom is 0.234 e. The van der Waals surface area contributed by atoms with Gasteiger partial charge in [-0.2, -0.15) is 0 Å². The Morgan fingerprint density at radius 1 is 1.11 bits per heavy atom. The fourth-order valence-corrected chi connectivity index (χ4v) is 4.61. The van der Waals surface area contributed by atoms with Gasteiger partial charge in [-0.25, -0.2) is 29.3 Å². The summed E-state index contributed by atoms with van der Waals surface area (Å²) in [5, 5.41) is 2.96. The van der Waals surface area contributed by atoms with Crippen molar-refractivity contribution >= 4 is 22.8 Å². The summed E-state index contributed by atoms with van der Waals surface area (Å²) in [7, 11) is 0. The van der Waals surface area contributed by atoms with Crippen LogP contribution in [0.5, 0.6) is 0 Å². The molecular weight excluding hydrogens is 445 g/mol. The van der Waals surface area contributed by atoms with Gasteiger partial charge in [-0.15, -0.1) is 0 Å². The van der Waals surface area contributed by atoms with Gasteiger partial charge < -0.3 is 9.88 Å². The number of rotatable bonds is 6. The zero-order valence-corrected chi connectivity index (χ0v) is 20.6. The number of imidazole rings is 1.